The average molecular weight is 321 g/mol. The molecule has 2 aromatic heterocycles. The van der Waals surface area contributed by atoms with Crippen LogP contribution in [0.25, 0.3) is 5.82 Å². The number of nitrogen functional groups attached to an aromatic ring is 1. The van der Waals surface area contributed by atoms with Crippen LogP contribution < -0.4 is 11.2 Å². The van der Waals surface area contributed by atoms with Gasteiger partial charge in [-0.05, 0) is 44.5 Å². The van der Waals surface area contributed by atoms with Crippen molar-refractivity contribution in [2.75, 3.05) is 11.2 Å². The lowest BCUT2D eigenvalue weighted by molar-refractivity contribution is 0.801. The van der Waals surface area contributed by atoms with Gasteiger partial charge in [0.25, 0.3) is 0 Å². The van der Waals surface area contributed by atoms with E-state index in [1.54, 1.807) is 10.7 Å². The van der Waals surface area contributed by atoms with Crippen LogP contribution in [-0.2, 0) is 0 Å². The zero-order valence-electron chi connectivity index (χ0n) is 13.9. The SMILES string of the molecule is CC(=NNc1cc(-n2nc(C)cc2C)ncn1)c1ccc(N)cc1. The summed E-state index contributed by atoms with van der Waals surface area (Å²) in [5.41, 5.74) is 13.2. The molecule has 7 nitrogen and oxygen atoms in total. The number of anilines is 2. The quantitative estimate of drug-likeness (QED) is 0.438. The number of nitrogens with two attached hydrogens (primary N) is 1. The Balaban J connectivity index is 1.81. The van der Waals surface area contributed by atoms with Crippen LogP contribution in [0.2, 0.25) is 0 Å². The molecule has 0 aliphatic rings. The van der Waals surface area contributed by atoms with Crippen molar-refractivity contribution >= 4 is 17.2 Å². The minimum atomic E-state index is 0.599. The number of aryl methyl sites for hydroxylation is 2. The first-order valence-corrected chi connectivity index (χ1v) is 7.55. The summed E-state index contributed by atoms with van der Waals surface area (Å²) in [6.07, 6.45) is 1.49. The first-order chi connectivity index (χ1) is 11.5. The van der Waals surface area contributed by atoms with Gasteiger partial charge in [0, 0.05) is 17.4 Å². The molecule has 0 fully saturated rings. The molecule has 0 amide bonds. The van der Waals surface area contributed by atoms with Gasteiger partial charge < -0.3 is 5.73 Å². The van der Waals surface area contributed by atoms with Crippen molar-refractivity contribution in [3.63, 3.8) is 0 Å². The van der Waals surface area contributed by atoms with Gasteiger partial charge in [-0.3, -0.25) is 5.43 Å². The van der Waals surface area contributed by atoms with Gasteiger partial charge in [0.1, 0.15) is 6.33 Å². The Morgan fingerprint density at radius 3 is 2.54 bits per heavy atom. The molecule has 0 bridgehead atoms. The fourth-order valence-electron chi connectivity index (χ4n) is 2.31. The summed E-state index contributed by atoms with van der Waals surface area (Å²) in [4.78, 5) is 8.46. The summed E-state index contributed by atoms with van der Waals surface area (Å²) in [5.74, 6) is 1.29. The second kappa shape index (κ2) is 6.49. The highest BCUT2D eigenvalue weighted by Gasteiger charge is 2.06. The number of nitrogens with one attached hydrogen (secondary N) is 1. The monoisotopic (exact) mass is 321 g/mol. The molecule has 0 atom stereocenters. The third-order valence-corrected chi connectivity index (χ3v) is 3.55. The van der Waals surface area contributed by atoms with Crippen molar-refractivity contribution in [1.82, 2.24) is 19.7 Å². The Bertz CT molecular complexity index is 878. The smallest absolute Gasteiger partial charge is 0.159 e. The predicted molar refractivity (Wildman–Crippen MR) is 95.3 cm³/mol. The van der Waals surface area contributed by atoms with E-state index in [4.69, 9.17) is 5.73 Å². The zero-order chi connectivity index (χ0) is 17.1. The van der Waals surface area contributed by atoms with E-state index < -0.39 is 0 Å². The van der Waals surface area contributed by atoms with E-state index in [0.717, 1.165) is 28.4 Å². The normalized spacial score (nSPS) is 11.5. The molecule has 0 aliphatic heterocycles. The summed E-state index contributed by atoms with van der Waals surface area (Å²) >= 11 is 0. The molecule has 3 aromatic rings. The maximum Gasteiger partial charge on any atom is 0.159 e. The largest absolute Gasteiger partial charge is 0.399 e. The Hall–Kier alpha value is -3.22. The highest BCUT2D eigenvalue weighted by atomic mass is 15.3. The Labute approximate surface area is 140 Å². The maximum atomic E-state index is 5.70. The lowest BCUT2D eigenvalue weighted by Crippen LogP contribution is -2.05. The number of nitrogens with zero attached hydrogens (tertiary/aromatic N) is 5. The highest BCUT2D eigenvalue weighted by Crippen LogP contribution is 2.13. The van der Waals surface area contributed by atoms with E-state index in [-0.39, 0.29) is 0 Å². The summed E-state index contributed by atoms with van der Waals surface area (Å²) in [5, 5.41) is 8.79. The zero-order valence-corrected chi connectivity index (χ0v) is 13.9. The molecule has 3 rings (SSSR count). The van der Waals surface area contributed by atoms with Crippen molar-refractivity contribution in [3.8, 4) is 5.82 Å². The molecular weight excluding hydrogens is 302 g/mol. The van der Waals surface area contributed by atoms with Gasteiger partial charge >= 0.3 is 0 Å². The van der Waals surface area contributed by atoms with Crippen LogP contribution >= 0.6 is 0 Å². The molecule has 0 spiro atoms. The van der Waals surface area contributed by atoms with Crippen molar-refractivity contribution in [3.05, 3.63) is 59.7 Å². The van der Waals surface area contributed by atoms with Gasteiger partial charge in [-0.15, -0.1) is 0 Å². The fourth-order valence-corrected chi connectivity index (χ4v) is 2.31. The van der Waals surface area contributed by atoms with Crippen molar-refractivity contribution in [1.29, 1.82) is 0 Å². The molecule has 122 valence electrons. The lowest BCUT2D eigenvalue weighted by atomic mass is 10.1. The van der Waals surface area contributed by atoms with Crippen LogP contribution in [-0.4, -0.2) is 25.5 Å². The van der Waals surface area contributed by atoms with Crippen LogP contribution in [0.15, 0.2) is 47.8 Å². The molecule has 1 aromatic carbocycles. The summed E-state index contributed by atoms with van der Waals surface area (Å²) < 4.78 is 1.78. The van der Waals surface area contributed by atoms with E-state index >= 15 is 0 Å². The minimum Gasteiger partial charge on any atom is -0.399 e. The van der Waals surface area contributed by atoms with E-state index in [1.165, 1.54) is 6.33 Å². The highest BCUT2D eigenvalue weighted by molar-refractivity contribution is 5.99. The van der Waals surface area contributed by atoms with E-state index in [2.05, 4.69) is 25.6 Å². The van der Waals surface area contributed by atoms with E-state index in [0.29, 0.717) is 11.6 Å². The molecule has 0 saturated carbocycles. The van der Waals surface area contributed by atoms with Gasteiger partial charge in [0.15, 0.2) is 11.6 Å². The molecule has 2 heterocycles. The standard InChI is InChI=1S/C17H19N7/c1-11-8-12(2)24(23-11)17-9-16(19-10-20-17)22-21-13(3)14-4-6-15(18)7-5-14/h4-10H,18H2,1-3H3,(H,19,20,22). The number of hydrogen-bond acceptors (Lipinski definition) is 6. The molecule has 0 aliphatic carbocycles. The Morgan fingerprint density at radius 1 is 1.12 bits per heavy atom. The van der Waals surface area contributed by atoms with Crippen LogP contribution in [0.1, 0.15) is 23.9 Å². The topological polar surface area (TPSA) is 94.0 Å². The van der Waals surface area contributed by atoms with Crippen molar-refractivity contribution in [2.45, 2.75) is 20.8 Å². The summed E-state index contributed by atoms with van der Waals surface area (Å²) in [6, 6.07) is 11.4. The van der Waals surface area contributed by atoms with Crippen LogP contribution in [0.5, 0.6) is 0 Å². The van der Waals surface area contributed by atoms with Crippen molar-refractivity contribution in [2.24, 2.45) is 5.10 Å². The third-order valence-electron chi connectivity index (χ3n) is 3.55. The van der Waals surface area contributed by atoms with Crippen LogP contribution in [0.4, 0.5) is 11.5 Å². The molecule has 7 heteroatoms. The average Bonchev–Trinajstić information content (AvgIpc) is 2.92. The number of benzene rings is 1. The van der Waals surface area contributed by atoms with Gasteiger partial charge in [-0.25, -0.2) is 14.6 Å². The molecule has 0 unspecified atom stereocenters. The Morgan fingerprint density at radius 2 is 1.88 bits per heavy atom. The van der Waals surface area contributed by atoms with Crippen LogP contribution in [0.3, 0.4) is 0 Å². The minimum absolute atomic E-state index is 0.599. The number of aromatic nitrogens is 4. The molecule has 0 saturated heterocycles. The predicted octanol–water partition coefficient (Wildman–Crippen LogP) is 2.70. The number of hydrogen-bond donors (Lipinski definition) is 2. The summed E-state index contributed by atoms with van der Waals surface area (Å²) in [6.45, 7) is 5.85. The fraction of sp³-hybridized carbons (Fsp3) is 0.176. The van der Waals surface area contributed by atoms with Crippen molar-refractivity contribution < 1.29 is 0 Å². The number of rotatable bonds is 4. The third kappa shape index (κ3) is 3.40. The first kappa shape index (κ1) is 15.7. The second-order valence-corrected chi connectivity index (χ2v) is 5.53. The molecular formula is C17H19N7. The van der Waals surface area contributed by atoms with Gasteiger partial charge in [0.2, 0.25) is 0 Å². The first-order valence-electron chi connectivity index (χ1n) is 7.55. The van der Waals surface area contributed by atoms with Gasteiger partial charge in [0.05, 0.1) is 11.4 Å². The van der Waals surface area contributed by atoms with E-state index in [9.17, 15) is 0 Å². The molecule has 0 radical (unpaired) electrons. The van der Waals surface area contributed by atoms with Gasteiger partial charge in [-0.2, -0.15) is 10.2 Å². The molecule has 3 N–H and O–H groups in total. The van der Waals surface area contributed by atoms with E-state index in [1.807, 2.05) is 51.1 Å². The van der Waals surface area contributed by atoms with Gasteiger partial charge in [-0.1, -0.05) is 12.1 Å². The maximum absolute atomic E-state index is 5.70. The second-order valence-electron chi connectivity index (χ2n) is 5.53. The van der Waals surface area contributed by atoms with Crippen LogP contribution in [0, 0.1) is 13.8 Å². The number of hydrazone groups is 1. The Kier molecular flexibility index (Phi) is 4.24. The summed E-state index contributed by atoms with van der Waals surface area (Å²) in [7, 11) is 0. The lowest BCUT2D eigenvalue weighted by Gasteiger charge is -2.06. The molecule has 24 heavy (non-hydrogen) atoms.